The SMILES string of the molecule is CCCCOc1ccc(-c2nnc(CNC(C)(C)c3ccc(F)cc3Cl)o2)cc1. The molecular formula is C22H25ClFN3O2. The molecule has 1 heterocycles. The molecule has 0 atom stereocenters. The molecule has 0 unspecified atom stereocenters. The highest BCUT2D eigenvalue weighted by atomic mass is 35.5. The Morgan fingerprint density at radius 2 is 1.90 bits per heavy atom. The van der Waals surface area contributed by atoms with Crippen LogP contribution in [0.3, 0.4) is 0 Å². The fourth-order valence-electron chi connectivity index (χ4n) is 2.86. The van der Waals surface area contributed by atoms with Crippen molar-refractivity contribution in [2.45, 2.75) is 45.7 Å². The number of hydrogen-bond donors (Lipinski definition) is 1. The lowest BCUT2D eigenvalue weighted by Crippen LogP contribution is -2.36. The average Bonchev–Trinajstić information content (AvgIpc) is 3.16. The van der Waals surface area contributed by atoms with Gasteiger partial charge in [-0.25, -0.2) is 4.39 Å². The first-order chi connectivity index (χ1) is 13.9. The Hall–Kier alpha value is -2.44. The van der Waals surface area contributed by atoms with Crippen molar-refractivity contribution >= 4 is 11.6 Å². The van der Waals surface area contributed by atoms with Crippen molar-refractivity contribution in [3.05, 3.63) is 64.8 Å². The molecule has 5 nitrogen and oxygen atoms in total. The standard InChI is InChI=1S/C22H25ClFN3O2/c1-4-5-12-28-17-9-6-15(7-10-17)21-27-26-20(29-21)14-25-22(2,3)18-11-8-16(24)13-19(18)23/h6-11,13,25H,4-5,12,14H2,1-3H3. The van der Waals surface area contributed by atoms with Gasteiger partial charge in [-0.3, -0.25) is 5.32 Å². The second kappa shape index (κ2) is 9.37. The predicted molar refractivity (Wildman–Crippen MR) is 111 cm³/mol. The molecule has 1 N–H and O–H groups in total. The second-order valence-electron chi connectivity index (χ2n) is 7.33. The summed E-state index contributed by atoms with van der Waals surface area (Å²) < 4.78 is 24.7. The van der Waals surface area contributed by atoms with E-state index < -0.39 is 5.54 Å². The molecule has 3 aromatic rings. The van der Waals surface area contributed by atoms with Crippen LogP contribution < -0.4 is 10.1 Å². The maximum atomic E-state index is 13.3. The third-order valence-corrected chi connectivity index (χ3v) is 4.93. The number of aromatic nitrogens is 2. The minimum atomic E-state index is -0.503. The van der Waals surface area contributed by atoms with Crippen molar-refractivity contribution in [1.82, 2.24) is 15.5 Å². The molecule has 0 bridgehead atoms. The maximum absolute atomic E-state index is 13.3. The predicted octanol–water partition coefficient (Wildman–Crippen LogP) is 5.73. The van der Waals surface area contributed by atoms with Crippen LogP contribution >= 0.6 is 11.6 Å². The fraction of sp³-hybridized carbons (Fsp3) is 0.364. The largest absolute Gasteiger partial charge is 0.494 e. The van der Waals surface area contributed by atoms with Gasteiger partial charge in [-0.05, 0) is 62.2 Å². The highest BCUT2D eigenvalue weighted by Gasteiger charge is 2.24. The molecule has 0 saturated heterocycles. The lowest BCUT2D eigenvalue weighted by atomic mass is 9.94. The molecule has 1 aromatic heterocycles. The van der Waals surface area contributed by atoms with E-state index >= 15 is 0 Å². The van der Waals surface area contributed by atoms with Crippen molar-refractivity contribution in [1.29, 1.82) is 0 Å². The van der Waals surface area contributed by atoms with E-state index in [1.165, 1.54) is 12.1 Å². The van der Waals surface area contributed by atoms with Crippen LogP contribution in [-0.4, -0.2) is 16.8 Å². The average molecular weight is 418 g/mol. The van der Waals surface area contributed by atoms with Gasteiger partial charge in [-0.15, -0.1) is 10.2 Å². The van der Waals surface area contributed by atoms with Crippen molar-refractivity contribution in [2.24, 2.45) is 0 Å². The van der Waals surface area contributed by atoms with Crippen LogP contribution in [0.4, 0.5) is 4.39 Å². The molecule has 154 valence electrons. The third-order valence-electron chi connectivity index (χ3n) is 4.62. The van der Waals surface area contributed by atoms with Crippen molar-refractivity contribution in [2.75, 3.05) is 6.61 Å². The van der Waals surface area contributed by atoms with E-state index in [0.29, 0.717) is 30.0 Å². The number of benzene rings is 2. The minimum Gasteiger partial charge on any atom is -0.494 e. The first-order valence-corrected chi connectivity index (χ1v) is 10.0. The molecule has 0 amide bonds. The van der Waals surface area contributed by atoms with Gasteiger partial charge in [0.05, 0.1) is 13.2 Å². The smallest absolute Gasteiger partial charge is 0.247 e. The van der Waals surface area contributed by atoms with E-state index in [0.717, 1.165) is 29.7 Å². The van der Waals surface area contributed by atoms with Crippen LogP contribution in [0.5, 0.6) is 5.75 Å². The molecule has 0 aliphatic carbocycles. The Bertz CT molecular complexity index is 941. The highest BCUT2D eigenvalue weighted by molar-refractivity contribution is 6.31. The zero-order chi connectivity index (χ0) is 20.9. The zero-order valence-corrected chi connectivity index (χ0v) is 17.6. The van der Waals surface area contributed by atoms with Crippen molar-refractivity contribution in [3.8, 4) is 17.2 Å². The molecule has 0 aliphatic rings. The van der Waals surface area contributed by atoms with Crippen LogP contribution in [0.1, 0.15) is 45.1 Å². The Morgan fingerprint density at radius 1 is 1.14 bits per heavy atom. The van der Waals surface area contributed by atoms with Crippen LogP contribution in [0, 0.1) is 5.82 Å². The molecule has 0 spiro atoms. The molecule has 2 aromatic carbocycles. The fourth-order valence-corrected chi connectivity index (χ4v) is 3.26. The van der Waals surface area contributed by atoms with Crippen molar-refractivity contribution < 1.29 is 13.5 Å². The Labute approximate surface area is 175 Å². The number of halogens is 2. The monoisotopic (exact) mass is 417 g/mol. The molecule has 0 fully saturated rings. The van der Waals surface area contributed by atoms with E-state index in [9.17, 15) is 4.39 Å². The summed E-state index contributed by atoms with van der Waals surface area (Å²) in [7, 11) is 0. The molecule has 3 rings (SSSR count). The lowest BCUT2D eigenvalue weighted by molar-refractivity contribution is 0.309. The van der Waals surface area contributed by atoms with Crippen LogP contribution in [0.25, 0.3) is 11.5 Å². The maximum Gasteiger partial charge on any atom is 0.247 e. The quantitative estimate of drug-likeness (QED) is 0.450. The third kappa shape index (κ3) is 5.55. The summed E-state index contributed by atoms with van der Waals surface area (Å²) in [5.74, 6) is 1.36. The van der Waals surface area contributed by atoms with E-state index in [-0.39, 0.29) is 5.82 Å². The Kier molecular flexibility index (Phi) is 6.87. The molecule has 7 heteroatoms. The molecular weight excluding hydrogens is 393 g/mol. The van der Waals surface area contributed by atoms with Gasteiger partial charge in [0, 0.05) is 16.1 Å². The highest BCUT2D eigenvalue weighted by Crippen LogP contribution is 2.29. The van der Waals surface area contributed by atoms with Gasteiger partial charge < -0.3 is 9.15 Å². The normalized spacial score (nSPS) is 11.6. The Balaban J connectivity index is 1.62. The summed E-state index contributed by atoms with van der Waals surface area (Å²) in [5, 5.41) is 11.9. The molecule has 0 aliphatic heterocycles. The number of hydrogen-bond acceptors (Lipinski definition) is 5. The second-order valence-corrected chi connectivity index (χ2v) is 7.74. The van der Waals surface area contributed by atoms with E-state index in [4.69, 9.17) is 20.8 Å². The first-order valence-electron chi connectivity index (χ1n) is 9.65. The number of unbranched alkanes of at least 4 members (excludes halogenated alkanes) is 1. The lowest BCUT2D eigenvalue weighted by Gasteiger charge is -2.27. The first kappa shape index (κ1) is 21.3. The van der Waals surface area contributed by atoms with Gasteiger partial charge in [-0.1, -0.05) is 31.0 Å². The van der Waals surface area contributed by atoms with Gasteiger partial charge in [0.1, 0.15) is 11.6 Å². The summed E-state index contributed by atoms with van der Waals surface area (Å²) in [6.45, 7) is 7.11. The summed E-state index contributed by atoms with van der Waals surface area (Å²) in [6, 6.07) is 12.0. The van der Waals surface area contributed by atoms with E-state index in [2.05, 4.69) is 22.4 Å². The topological polar surface area (TPSA) is 60.2 Å². The van der Waals surface area contributed by atoms with Gasteiger partial charge in [0.25, 0.3) is 0 Å². The van der Waals surface area contributed by atoms with E-state index in [1.807, 2.05) is 38.1 Å². The van der Waals surface area contributed by atoms with Crippen LogP contribution in [0.15, 0.2) is 46.9 Å². The number of rotatable bonds is 9. The molecule has 29 heavy (non-hydrogen) atoms. The van der Waals surface area contributed by atoms with Crippen molar-refractivity contribution in [3.63, 3.8) is 0 Å². The summed E-state index contributed by atoms with van der Waals surface area (Å²) in [4.78, 5) is 0. The van der Waals surface area contributed by atoms with Gasteiger partial charge in [-0.2, -0.15) is 0 Å². The van der Waals surface area contributed by atoms with E-state index in [1.54, 1.807) is 6.07 Å². The van der Waals surface area contributed by atoms with Gasteiger partial charge >= 0.3 is 0 Å². The Morgan fingerprint density at radius 3 is 2.59 bits per heavy atom. The summed E-state index contributed by atoms with van der Waals surface area (Å²) in [5.41, 5.74) is 1.11. The van der Waals surface area contributed by atoms with Crippen LogP contribution in [0.2, 0.25) is 5.02 Å². The van der Waals surface area contributed by atoms with Gasteiger partial charge in [0.2, 0.25) is 11.8 Å². The zero-order valence-electron chi connectivity index (χ0n) is 16.8. The minimum absolute atomic E-state index is 0.353. The molecule has 0 radical (unpaired) electrons. The number of nitrogens with zero attached hydrogens (tertiary/aromatic N) is 2. The molecule has 0 saturated carbocycles. The summed E-state index contributed by atoms with van der Waals surface area (Å²) >= 11 is 6.19. The van der Waals surface area contributed by atoms with Gasteiger partial charge in [0.15, 0.2) is 0 Å². The van der Waals surface area contributed by atoms with Crippen LogP contribution in [-0.2, 0) is 12.1 Å². The summed E-state index contributed by atoms with van der Waals surface area (Å²) in [6.07, 6.45) is 2.13. The number of ether oxygens (including phenoxy) is 1. The number of nitrogens with one attached hydrogen (secondary N) is 1.